The number of carbonyl (C=O) groups is 2. The summed E-state index contributed by atoms with van der Waals surface area (Å²) in [5.41, 5.74) is 2.09. The standard InChI is InChI=1S/C24H26ClN5O3/c25-20-13-19(5-6-22(20)31)27-24(33)18-7-8-28(15-18)16-23(32)30-11-9-29(10-12-30)21-4-2-1-3-17(21)14-26/h1-6,13,18,31H,7-12,15-16H2,(H,27,33). The summed E-state index contributed by atoms with van der Waals surface area (Å²) < 4.78 is 0. The number of hydrogen-bond acceptors (Lipinski definition) is 6. The second-order valence-electron chi connectivity index (χ2n) is 8.37. The normalized spacial score (nSPS) is 18.7. The van der Waals surface area contributed by atoms with Gasteiger partial charge in [0, 0.05) is 38.4 Å². The summed E-state index contributed by atoms with van der Waals surface area (Å²) in [5, 5.41) is 21.8. The molecule has 2 fully saturated rings. The van der Waals surface area contributed by atoms with Crippen molar-refractivity contribution in [3.8, 4) is 11.8 Å². The highest BCUT2D eigenvalue weighted by molar-refractivity contribution is 6.32. The number of nitrogens with zero attached hydrogens (tertiary/aromatic N) is 4. The molecule has 0 aromatic heterocycles. The van der Waals surface area contributed by atoms with Crippen LogP contribution in [0.1, 0.15) is 12.0 Å². The first-order valence-electron chi connectivity index (χ1n) is 11.0. The van der Waals surface area contributed by atoms with E-state index in [4.69, 9.17) is 11.6 Å². The maximum Gasteiger partial charge on any atom is 0.236 e. The number of piperazine rings is 1. The SMILES string of the molecule is N#Cc1ccccc1N1CCN(C(=O)CN2CCC(C(=O)Nc3ccc(O)c(Cl)c3)C2)CC1. The number of para-hydroxylation sites is 1. The van der Waals surface area contributed by atoms with Gasteiger partial charge in [-0.05, 0) is 43.3 Å². The van der Waals surface area contributed by atoms with Gasteiger partial charge < -0.3 is 20.2 Å². The Morgan fingerprint density at radius 3 is 2.61 bits per heavy atom. The molecule has 0 bridgehead atoms. The number of amides is 2. The molecule has 2 amide bonds. The summed E-state index contributed by atoms with van der Waals surface area (Å²) in [5.74, 6) is -0.286. The Hall–Kier alpha value is -3.28. The average Bonchev–Trinajstić information content (AvgIpc) is 3.30. The average molecular weight is 468 g/mol. The van der Waals surface area contributed by atoms with Gasteiger partial charge in [-0.2, -0.15) is 5.26 Å². The van der Waals surface area contributed by atoms with Crippen molar-refractivity contribution >= 4 is 34.8 Å². The molecule has 2 aliphatic heterocycles. The Balaban J connectivity index is 1.25. The fourth-order valence-corrected chi connectivity index (χ4v) is 4.53. The zero-order valence-corrected chi connectivity index (χ0v) is 19.0. The zero-order valence-electron chi connectivity index (χ0n) is 18.2. The van der Waals surface area contributed by atoms with E-state index in [0.29, 0.717) is 63.5 Å². The van der Waals surface area contributed by atoms with Crippen molar-refractivity contribution in [2.45, 2.75) is 6.42 Å². The van der Waals surface area contributed by atoms with E-state index in [9.17, 15) is 20.0 Å². The van der Waals surface area contributed by atoms with Crippen LogP contribution in [0.25, 0.3) is 0 Å². The smallest absolute Gasteiger partial charge is 0.236 e. The van der Waals surface area contributed by atoms with Crippen molar-refractivity contribution in [3.63, 3.8) is 0 Å². The van der Waals surface area contributed by atoms with E-state index >= 15 is 0 Å². The van der Waals surface area contributed by atoms with Gasteiger partial charge in [0.15, 0.2) is 0 Å². The van der Waals surface area contributed by atoms with Gasteiger partial charge in [-0.3, -0.25) is 14.5 Å². The lowest BCUT2D eigenvalue weighted by molar-refractivity contribution is -0.132. The maximum atomic E-state index is 12.8. The molecule has 172 valence electrons. The molecule has 4 rings (SSSR count). The maximum absolute atomic E-state index is 12.8. The van der Waals surface area contributed by atoms with Crippen molar-refractivity contribution in [1.82, 2.24) is 9.80 Å². The Morgan fingerprint density at radius 2 is 1.88 bits per heavy atom. The van der Waals surface area contributed by atoms with Crippen LogP contribution in [0, 0.1) is 17.2 Å². The van der Waals surface area contributed by atoms with Crippen molar-refractivity contribution in [1.29, 1.82) is 5.26 Å². The number of anilines is 2. The van der Waals surface area contributed by atoms with Gasteiger partial charge in [0.1, 0.15) is 11.8 Å². The third kappa shape index (κ3) is 5.38. The highest BCUT2D eigenvalue weighted by atomic mass is 35.5. The molecule has 0 spiro atoms. The molecule has 0 aliphatic carbocycles. The molecule has 2 heterocycles. The van der Waals surface area contributed by atoms with Crippen molar-refractivity contribution in [3.05, 3.63) is 53.1 Å². The summed E-state index contributed by atoms with van der Waals surface area (Å²) in [6.07, 6.45) is 0.684. The molecule has 2 aromatic carbocycles. The Morgan fingerprint density at radius 1 is 1.12 bits per heavy atom. The van der Waals surface area contributed by atoms with E-state index in [-0.39, 0.29) is 28.5 Å². The molecule has 2 saturated heterocycles. The highest BCUT2D eigenvalue weighted by Crippen LogP contribution is 2.27. The van der Waals surface area contributed by atoms with Crippen molar-refractivity contribution in [2.24, 2.45) is 5.92 Å². The lowest BCUT2D eigenvalue weighted by atomic mass is 10.1. The Kier molecular flexibility index (Phi) is 7.02. The number of hydrogen-bond donors (Lipinski definition) is 2. The molecule has 0 saturated carbocycles. The van der Waals surface area contributed by atoms with Gasteiger partial charge in [0.25, 0.3) is 0 Å². The van der Waals surface area contributed by atoms with E-state index < -0.39 is 0 Å². The number of likely N-dealkylation sites (tertiary alicyclic amines) is 1. The van der Waals surface area contributed by atoms with Gasteiger partial charge in [0.05, 0.1) is 28.7 Å². The predicted molar refractivity (Wildman–Crippen MR) is 126 cm³/mol. The topological polar surface area (TPSA) is 99.9 Å². The molecular weight excluding hydrogens is 442 g/mol. The largest absolute Gasteiger partial charge is 0.506 e. The Bertz CT molecular complexity index is 1080. The number of benzene rings is 2. The number of phenols is 1. The number of nitriles is 1. The van der Waals surface area contributed by atoms with Crippen LogP contribution in [-0.2, 0) is 9.59 Å². The van der Waals surface area contributed by atoms with Crippen LogP contribution >= 0.6 is 11.6 Å². The minimum atomic E-state index is -0.204. The van der Waals surface area contributed by atoms with Gasteiger partial charge in [-0.15, -0.1) is 0 Å². The highest BCUT2D eigenvalue weighted by Gasteiger charge is 2.31. The fraction of sp³-hybridized carbons (Fsp3) is 0.375. The van der Waals surface area contributed by atoms with E-state index in [1.807, 2.05) is 34.1 Å². The van der Waals surface area contributed by atoms with Crippen LogP contribution in [0.4, 0.5) is 11.4 Å². The van der Waals surface area contributed by atoms with Crippen molar-refractivity contribution in [2.75, 3.05) is 56.0 Å². The van der Waals surface area contributed by atoms with Crippen LogP contribution < -0.4 is 10.2 Å². The van der Waals surface area contributed by atoms with Crippen LogP contribution in [-0.4, -0.2) is 72.5 Å². The summed E-state index contributed by atoms with van der Waals surface area (Å²) in [6.45, 7) is 4.10. The monoisotopic (exact) mass is 467 g/mol. The molecule has 33 heavy (non-hydrogen) atoms. The van der Waals surface area contributed by atoms with E-state index in [1.54, 1.807) is 6.07 Å². The molecule has 2 aromatic rings. The lowest BCUT2D eigenvalue weighted by Gasteiger charge is -2.37. The number of rotatable bonds is 5. The van der Waals surface area contributed by atoms with Crippen LogP contribution in [0.5, 0.6) is 5.75 Å². The number of halogens is 1. The molecule has 1 atom stereocenters. The number of aromatic hydroxyl groups is 1. The van der Waals surface area contributed by atoms with Gasteiger partial charge in [-0.25, -0.2) is 0 Å². The molecular formula is C24H26ClN5O3. The van der Waals surface area contributed by atoms with Crippen LogP contribution in [0.2, 0.25) is 5.02 Å². The molecule has 1 unspecified atom stereocenters. The summed E-state index contributed by atoms with van der Waals surface area (Å²) in [6, 6.07) is 14.3. The number of phenolic OH excluding ortho intramolecular Hbond substituents is 1. The number of carbonyl (C=O) groups excluding carboxylic acids is 2. The third-order valence-corrected chi connectivity index (χ3v) is 6.52. The molecule has 9 heteroatoms. The second-order valence-corrected chi connectivity index (χ2v) is 8.78. The summed E-state index contributed by atoms with van der Waals surface area (Å²) in [4.78, 5) is 31.5. The van der Waals surface area contributed by atoms with Gasteiger partial charge in [-0.1, -0.05) is 23.7 Å². The minimum Gasteiger partial charge on any atom is -0.506 e. The molecule has 2 N–H and O–H groups in total. The second kappa shape index (κ2) is 10.1. The first kappa shape index (κ1) is 22.9. The Labute approximate surface area is 197 Å². The predicted octanol–water partition coefficient (Wildman–Crippen LogP) is 2.53. The van der Waals surface area contributed by atoms with E-state index in [0.717, 1.165) is 5.69 Å². The van der Waals surface area contributed by atoms with Gasteiger partial charge in [0.2, 0.25) is 11.8 Å². The van der Waals surface area contributed by atoms with E-state index in [2.05, 4.69) is 16.3 Å². The zero-order chi connectivity index (χ0) is 23.4. The fourth-order valence-electron chi connectivity index (χ4n) is 4.35. The first-order chi connectivity index (χ1) is 15.9. The van der Waals surface area contributed by atoms with Crippen LogP contribution in [0.3, 0.4) is 0 Å². The van der Waals surface area contributed by atoms with Gasteiger partial charge >= 0.3 is 0 Å². The minimum absolute atomic E-state index is 0.0321. The van der Waals surface area contributed by atoms with Crippen LogP contribution in [0.15, 0.2) is 42.5 Å². The third-order valence-electron chi connectivity index (χ3n) is 6.21. The summed E-state index contributed by atoms with van der Waals surface area (Å²) >= 11 is 5.90. The summed E-state index contributed by atoms with van der Waals surface area (Å²) in [7, 11) is 0. The first-order valence-corrected chi connectivity index (χ1v) is 11.4. The van der Waals surface area contributed by atoms with E-state index in [1.165, 1.54) is 12.1 Å². The quantitative estimate of drug-likeness (QED) is 0.655. The molecule has 0 radical (unpaired) electrons. The molecule has 2 aliphatic rings. The lowest BCUT2D eigenvalue weighted by Crippen LogP contribution is -2.51. The van der Waals surface area contributed by atoms with Crippen molar-refractivity contribution < 1.29 is 14.7 Å². The number of nitrogens with one attached hydrogen (secondary N) is 1. The molecule has 8 nitrogen and oxygen atoms in total.